The first-order valence-corrected chi connectivity index (χ1v) is 10.4. The fourth-order valence-corrected chi connectivity index (χ4v) is 3.03. The number of nitrogens with zero attached hydrogens (tertiary/aromatic N) is 1. The third kappa shape index (κ3) is 7.03. The van der Waals surface area contributed by atoms with Gasteiger partial charge < -0.3 is 15.0 Å². The quantitative estimate of drug-likeness (QED) is 0.604. The smallest absolute Gasteiger partial charge is 0.306 e. The molecule has 2 aromatic rings. The standard InChI is InChI=1S/C24H30N2O4/c1-4-18-10-12-19(13-11-18)14-15-23(28)30-17-22(27)25-21-9-7-8-20(16-21)24(29)26(5-2)6-3/h7-13,16H,4-6,14-15,17H2,1-3H3,(H,25,27). The largest absolute Gasteiger partial charge is 0.456 e. The van der Waals surface area contributed by atoms with Crippen LogP contribution < -0.4 is 5.32 Å². The van der Waals surface area contributed by atoms with Gasteiger partial charge in [0.25, 0.3) is 11.8 Å². The molecule has 30 heavy (non-hydrogen) atoms. The Labute approximate surface area is 178 Å². The summed E-state index contributed by atoms with van der Waals surface area (Å²) >= 11 is 0. The van der Waals surface area contributed by atoms with Crippen molar-refractivity contribution in [2.24, 2.45) is 0 Å². The van der Waals surface area contributed by atoms with Crippen molar-refractivity contribution in [1.29, 1.82) is 0 Å². The zero-order valence-corrected chi connectivity index (χ0v) is 17.9. The summed E-state index contributed by atoms with van der Waals surface area (Å²) in [5, 5.41) is 2.67. The van der Waals surface area contributed by atoms with Crippen LogP contribution in [-0.4, -0.2) is 42.4 Å². The van der Waals surface area contributed by atoms with Gasteiger partial charge in [-0.25, -0.2) is 0 Å². The van der Waals surface area contributed by atoms with Crippen LogP contribution in [0.25, 0.3) is 0 Å². The summed E-state index contributed by atoms with van der Waals surface area (Å²) < 4.78 is 5.07. The number of esters is 1. The van der Waals surface area contributed by atoms with Crippen molar-refractivity contribution in [1.82, 2.24) is 4.90 Å². The van der Waals surface area contributed by atoms with Gasteiger partial charge >= 0.3 is 5.97 Å². The van der Waals surface area contributed by atoms with Crippen LogP contribution in [0.3, 0.4) is 0 Å². The third-order valence-electron chi connectivity index (χ3n) is 4.86. The average molecular weight is 411 g/mol. The lowest BCUT2D eigenvalue weighted by Gasteiger charge is -2.19. The number of ether oxygens (including phenoxy) is 1. The molecule has 2 amide bonds. The lowest BCUT2D eigenvalue weighted by molar-refractivity contribution is -0.147. The highest BCUT2D eigenvalue weighted by Crippen LogP contribution is 2.13. The van der Waals surface area contributed by atoms with Gasteiger partial charge in [-0.3, -0.25) is 14.4 Å². The summed E-state index contributed by atoms with van der Waals surface area (Å²) in [6.07, 6.45) is 1.76. The first kappa shape index (κ1) is 23.1. The Morgan fingerprint density at radius 1 is 0.933 bits per heavy atom. The lowest BCUT2D eigenvalue weighted by atomic mass is 10.1. The summed E-state index contributed by atoms with van der Waals surface area (Å²) in [5.41, 5.74) is 3.30. The van der Waals surface area contributed by atoms with Crippen molar-refractivity contribution in [2.75, 3.05) is 25.0 Å². The molecular weight excluding hydrogens is 380 g/mol. The number of nitrogens with one attached hydrogen (secondary N) is 1. The van der Waals surface area contributed by atoms with Gasteiger partial charge in [0.05, 0.1) is 0 Å². The third-order valence-corrected chi connectivity index (χ3v) is 4.86. The molecule has 0 fully saturated rings. The van der Waals surface area contributed by atoms with Gasteiger partial charge in [0, 0.05) is 30.8 Å². The fourth-order valence-electron chi connectivity index (χ4n) is 3.03. The first-order valence-electron chi connectivity index (χ1n) is 10.4. The number of aryl methyl sites for hydroxylation is 2. The summed E-state index contributed by atoms with van der Waals surface area (Å²) in [6, 6.07) is 14.8. The number of hydrogen-bond acceptors (Lipinski definition) is 4. The van der Waals surface area contributed by atoms with E-state index in [0.29, 0.717) is 30.8 Å². The van der Waals surface area contributed by atoms with Crippen LogP contribution in [0.15, 0.2) is 48.5 Å². The Hall–Kier alpha value is -3.15. The number of benzene rings is 2. The summed E-state index contributed by atoms with van der Waals surface area (Å²) in [4.78, 5) is 38.2. The monoisotopic (exact) mass is 410 g/mol. The molecular formula is C24H30N2O4. The maximum absolute atomic E-state index is 12.4. The van der Waals surface area contributed by atoms with Crippen molar-refractivity contribution in [3.8, 4) is 0 Å². The molecule has 0 aliphatic carbocycles. The van der Waals surface area contributed by atoms with E-state index in [4.69, 9.17) is 4.74 Å². The second-order valence-electron chi connectivity index (χ2n) is 6.94. The van der Waals surface area contributed by atoms with Gasteiger partial charge in [-0.2, -0.15) is 0 Å². The van der Waals surface area contributed by atoms with Crippen molar-refractivity contribution in [2.45, 2.75) is 40.0 Å². The van der Waals surface area contributed by atoms with Crippen molar-refractivity contribution in [3.63, 3.8) is 0 Å². The molecule has 0 unspecified atom stereocenters. The van der Waals surface area contributed by atoms with Gasteiger partial charge in [-0.1, -0.05) is 37.3 Å². The molecule has 160 valence electrons. The van der Waals surface area contributed by atoms with Gasteiger partial charge in [-0.05, 0) is 56.0 Å². The maximum atomic E-state index is 12.4. The number of carbonyl (C=O) groups is 3. The van der Waals surface area contributed by atoms with E-state index in [0.717, 1.165) is 12.0 Å². The van der Waals surface area contributed by atoms with Crippen LogP contribution in [0, 0.1) is 0 Å². The molecule has 6 heteroatoms. The number of hydrogen-bond donors (Lipinski definition) is 1. The summed E-state index contributed by atoms with van der Waals surface area (Å²) in [7, 11) is 0. The average Bonchev–Trinajstić information content (AvgIpc) is 2.77. The normalized spacial score (nSPS) is 10.4. The second kappa shape index (κ2) is 11.8. The molecule has 0 heterocycles. The lowest BCUT2D eigenvalue weighted by Crippen LogP contribution is -2.30. The predicted octanol–water partition coefficient (Wildman–Crippen LogP) is 3.85. The molecule has 0 aromatic heterocycles. The van der Waals surface area contributed by atoms with E-state index < -0.39 is 11.9 Å². The molecule has 0 atom stereocenters. The van der Waals surface area contributed by atoms with E-state index in [1.165, 1.54) is 5.56 Å². The number of rotatable bonds is 10. The molecule has 0 saturated heterocycles. The van der Waals surface area contributed by atoms with Crippen LogP contribution in [0.5, 0.6) is 0 Å². The minimum absolute atomic E-state index is 0.0884. The van der Waals surface area contributed by atoms with E-state index in [9.17, 15) is 14.4 Å². The summed E-state index contributed by atoms with van der Waals surface area (Å²) in [5.74, 6) is -0.951. The SMILES string of the molecule is CCc1ccc(CCC(=O)OCC(=O)Nc2cccc(C(=O)N(CC)CC)c2)cc1. The number of amides is 2. The maximum Gasteiger partial charge on any atom is 0.306 e. The second-order valence-corrected chi connectivity index (χ2v) is 6.94. The molecule has 0 spiro atoms. The Bertz CT molecular complexity index is 858. The highest BCUT2D eigenvalue weighted by atomic mass is 16.5. The minimum atomic E-state index is -0.442. The topological polar surface area (TPSA) is 75.7 Å². The van der Waals surface area contributed by atoms with Crippen LogP contribution >= 0.6 is 0 Å². The van der Waals surface area contributed by atoms with Crippen LogP contribution in [-0.2, 0) is 27.2 Å². The molecule has 0 radical (unpaired) electrons. The molecule has 0 saturated carbocycles. The van der Waals surface area contributed by atoms with E-state index >= 15 is 0 Å². The van der Waals surface area contributed by atoms with Crippen molar-refractivity contribution < 1.29 is 19.1 Å². The van der Waals surface area contributed by atoms with Crippen molar-refractivity contribution in [3.05, 3.63) is 65.2 Å². The van der Waals surface area contributed by atoms with E-state index in [1.54, 1.807) is 29.2 Å². The van der Waals surface area contributed by atoms with Crippen LogP contribution in [0.1, 0.15) is 48.7 Å². The molecule has 2 aromatic carbocycles. The fraction of sp³-hybridized carbons (Fsp3) is 0.375. The molecule has 2 rings (SSSR count). The Kier molecular flexibility index (Phi) is 9.06. The molecule has 1 N–H and O–H groups in total. The van der Waals surface area contributed by atoms with Crippen LogP contribution in [0.2, 0.25) is 0 Å². The Morgan fingerprint density at radius 3 is 2.23 bits per heavy atom. The Morgan fingerprint density at radius 2 is 1.60 bits per heavy atom. The molecule has 6 nitrogen and oxygen atoms in total. The Balaban J connectivity index is 1.80. The molecule has 0 bridgehead atoms. The van der Waals surface area contributed by atoms with Gasteiger partial charge in [0.15, 0.2) is 6.61 Å². The van der Waals surface area contributed by atoms with Gasteiger partial charge in [0.1, 0.15) is 0 Å². The molecule has 0 aliphatic rings. The number of anilines is 1. The number of carbonyl (C=O) groups excluding carboxylic acids is 3. The van der Waals surface area contributed by atoms with Crippen molar-refractivity contribution >= 4 is 23.5 Å². The van der Waals surface area contributed by atoms with Crippen LogP contribution in [0.4, 0.5) is 5.69 Å². The van der Waals surface area contributed by atoms with E-state index in [-0.39, 0.29) is 18.9 Å². The minimum Gasteiger partial charge on any atom is -0.456 e. The predicted molar refractivity (Wildman–Crippen MR) is 117 cm³/mol. The molecule has 0 aliphatic heterocycles. The first-order chi connectivity index (χ1) is 14.5. The van der Waals surface area contributed by atoms with E-state index in [2.05, 4.69) is 12.2 Å². The highest BCUT2D eigenvalue weighted by Gasteiger charge is 2.14. The van der Waals surface area contributed by atoms with Gasteiger partial charge in [-0.15, -0.1) is 0 Å². The van der Waals surface area contributed by atoms with E-state index in [1.807, 2.05) is 38.1 Å². The summed E-state index contributed by atoms with van der Waals surface area (Å²) in [6.45, 7) is 6.80. The zero-order valence-electron chi connectivity index (χ0n) is 17.9. The zero-order chi connectivity index (χ0) is 21.9. The van der Waals surface area contributed by atoms with Gasteiger partial charge in [0.2, 0.25) is 0 Å². The highest BCUT2D eigenvalue weighted by molar-refractivity contribution is 5.97.